The summed E-state index contributed by atoms with van der Waals surface area (Å²) in [5.41, 5.74) is 5.16. The average Bonchev–Trinajstić information content (AvgIpc) is 4.26. The Hall–Kier alpha value is -7.01. The van der Waals surface area contributed by atoms with Crippen LogP contribution in [0.25, 0.3) is 0 Å². The van der Waals surface area contributed by atoms with Gasteiger partial charge in [-0.1, -0.05) is 31.0 Å². The molecule has 3 fully saturated rings. The molecule has 5 heterocycles. The number of nitrogens with zero attached hydrogens (tertiary/aromatic N) is 8. The molecule has 0 atom stereocenters. The quantitative estimate of drug-likeness (QED) is 0.0505. The van der Waals surface area contributed by atoms with Gasteiger partial charge in [0.2, 0.25) is 37.9 Å². The second kappa shape index (κ2) is 26.3. The summed E-state index contributed by atoms with van der Waals surface area (Å²) in [6.45, 7) is 27.1. The molecule has 436 valence electrons. The Morgan fingerprint density at radius 1 is 0.506 bits per heavy atom. The molecule has 1 amide bonds. The number of sulfonamides is 2. The number of aryl methyl sites for hydroxylation is 3. The Bertz CT molecular complexity index is 3340. The first-order valence-electron chi connectivity index (χ1n) is 27.9. The van der Waals surface area contributed by atoms with E-state index in [1.807, 2.05) is 104 Å². The van der Waals surface area contributed by atoms with Crippen LogP contribution >= 0.6 is 0 Å². The van der Waals surface area contributed by atoms with E-state index in [9.17, 15) is 21.6 Å². The summed E-state index contributed by atoms with van der Waals surface area (Å²) < 4.78 is 55.3. The maximum atomic E-state index is 12.8. The molecule has 20 nitrogen and oxygen atoms in total. The molecule has 3 aromatic heterocycles. The van der Waals surface area contributed by atoms with Crippen molar-refractivity contribution < 1.29 is 21.6 Å². The van der Waals surface area contributed by atoms with Crippen molar-refractivity contribution in [3.63, 3.8) is 0 Å². The van der Waals surface area contributed by atoms with Crippen molar-refractivity contribution >= 4 is 78.3 Å². The Kier molecular flexibility index (Phi) is 20.0. The highest BCUT2D eigenvalue weighted by Gasteiger charge is 2.28. The minimum Gasteiger partial charge on any atom is -0.350 e. The normalized spacial score (nSPS) is 15.2. The summed E-state index contributed by atoms with van der Waals surface area (Å²) in [7, 11) is -6.98. The lowest BCUT2D eigenvalue weighted by Crippen LogP contribution is -2.32. The zero-order chi connectivity index (χ0) is 58.8. The lowest BCUT2D eigenvalue weighted by atomic mass is 10.1. The summed E-state index contributed by atoms with van der Waals surface area (Å²) in [5, 5.41) is 19.5. The second-order valence-electron chi connectivity index (χ2n) is 24.0. The van der Waals surface area contributed by atoms with E-state index in [0.29, 0.717) is 64.4 Å². The lowest BCUT2D eigenvalue weighted by molar-refractivity contribution is 0.0792. The van der Waals surface area contributed by atoms with Crippen LogP contribution in [0.3, 0.4) is 0 Å². The number of nitrogens with one attached hydrogen (secondary N) is 7. The third-order valence-electron chi connectivity index (χ3n) is 13.0. The van der Waals surface area contributed by atoms with Crippen molar-refractivity contribution in [2.75, 3.05) is 58.1 Å². The smallest absolute Gasteiger partial charge is 0.253 e. The van der Waals surface area contributed by atoms with Crippen LogP contribution in [0, 0.1) is 20.8 Å². The zero-order valence-electron chi connectivity index (χ0n) is 49.2. The largest absolute Gasteiger partial charge is 0.350 e. The number of hydrogen-bond donors (Lipinski definition) is 7. The first-order valence-corrected chi connectivity index (χ1v) is 30.8. The predicted molar refractivity (Wildman–Crippen MR) is 325 cm³/mol. The van der Waals surface area contributed by atoms with Crippen molar-refractivity contribution in [2.24, 2.45) is 0 Å². The maximum Gasteiger partial charge on any atom is 0.253 e. The van der Waals surface area contributed by atoms with Gasteiger partial charge >= 0.3 is 0 Å². The molecule has 1 aliphatic carbocycles. The Morgan fingerprint density at radius 2 is 0.889 bits per heavy atom. The molecule has 6 aromatic rings. The summed E-state index contributed by atoms with van der Waals surface area (Å²) in [5.74, 6) is 3.74. The molecule has 0 bridgehead atoms. The summed E-state index contributed by atoms with van der Waals surface area (Å²) >= 11 is 0. The van der Waals surface area contributed by atoms with Crippen LogP contribution in [0.15, 0.2) is 101 Å². The van der Waals surface area contributed by atoms with Crippen LogP contribution in [-0.2, 0) is 20.0 Å². The van der Waals surface area contributed by atoms with E-state index in [4.69, 9.17) is 0 Å². The van der Waals surface area contributed by atoms with E-state index >= 15 is 0 Å². The Morgan fingerprint density at radius 3 is 1.32 bits per heavy atom. The highest BCUT2D eigenvalue weighted by molar-refractivity contribution is 7.89. The average molecular weight is 1150 g/mol. The fourth-order valence-electron chi connectivity index (χ4n) is 9.02. The standard InChI is InChI=1S/C20H29N5O2S.C20H27N5O.C19H27N5O2S/c1-14-13-21-19(24-20(2,3)4)23-18(14)22-16-10-7-11-17(12-16)28(26,27)25-15-8-5-6-9-15;1-14-13-21-19(24-20(2,3)4)23-17(14)22-16-9-7-8-15(12-16)18(26)25-10-5-6-11-25;1-14-13-20-18(23-19(2,3)4)22-17(14)21-15-8-7-9-16(12-15)27(25,26)24-10-5-6-11-24/h7,10-13,15,25H,5-6,8-9H2,1-4H3,(H2,21,22,23,24);7-9,12-13H,5-6,10-11H2,1-4H3,(H2,21,22,23,24);7-9,12-13H,5-6,10-11H2,1-4H3,(H2,20,21,22,23). The van der Waals surface area contributed by atoms with Crippen LogP contribution in [0.1, 0.15) is 141 Å². The molecule has 22 heteroatoms. The third kappa shape index (κ3) is 18.5. The molecular weight excluding hydrogens is 1060 g/mol. The summed E-state index contributed by atoms with van der Waals surface area (Å²) in [4.78, 5) is 41.7. The first kappa shape index (κ1) is 61.6. The molecule has 7 N–H and O–H groups in total. The third-order valence-corrected chi connectivity index (χ3v) is 16.4. The van der Waals surface area contributed by atoms with Crippen molar-refractivity contribution in [1.82, 2.24) is 43.8 Å². The van der Waals surface area contributed by atoms with Gasteiger partial charge in [-0.2, -0.15) is 19.3 Å². The van der Waals surface area contributed by atoms with E-state index < -0.39 is 20.0 Å². The molecule has 2 saturated heterocycles. The number of anilines is 9. The molecule has 3 aliphatic rings. The number of likely N-dealkylation sites (tertiary alicyclic amines) is 1. The minimum atomic E-state index is -3.54. The molecule has 2 aliphatic heterocycles. The maximum absolute atomic E-state index is 12.8. The minimum absolute atomic E-state index is 0.0387. The van der Waals surface area contributed by atoms with E-state index in [1.54, 1.807) is 59.3 Å². The highest BCUT2D eigenvalue weighted by atomic mass is 32.2. The molecule has 81 heavy (non-hydrogen) atoms. The number of carbonyl (C=O) groups excluding carboxylic acids is 1. The fraction of sp³-hybridized carbons (Fsp3) is 0.475. The van der Waals surface area contributed by atoms with E-state index in [1.165, 1.54) is 0 Å². The van der Waals surface area contributed by atoms with Gasteiger partial charge in [0.05, 0.1) is 9.79 Å². The number of amides is 1. The lowest BCUT2D eigenvalue weighted by Gasteiger charge is -2.21. The summed E-state index contributed by atoms with van der Waals surface area (Å²) in [6.07, 6.45) is 13.3. The fourth-order valence-corrected chi connectivity index (χ4v) is 11.9. The number of rotatable bonds is 15. The van der Waals surface area contributed by atoms with Gasteiger partial charge in [-0.15, -0.1) is 0 Å². The molecule has 0 unspecified atom stereocenters. The van der Waals surface area contributed by atoms with Crippen LogP contribution in [-0.4, -0.2) is 111 Å². The topological polar surface area (TPSA) is 253 Å². The van der Waals surface area contributed by atoms with Crippen molar-refractivity contribution in [3.8, 4) is 0 Å². The predicted octanol–water partition coefficient (Wildman–Crippen LogP) is 11.5. The number of benzene rings is 3. The van der Waals surface area contributed by atoms with Gasteiger partial charge in [-0.05, 0) is 176 Å². The number of aromatic nitrogens is 6. The van der Waals surface area contributed by atoms with Gasteiger partial charge < -0.3 is 36.8 Å². The van der Waals surface area contributed by atoms with Crippen LogP contribution in [0.5, 0.6) is 0 Å². The molecule has 1 saturated carbocycles. The van der Waals surface area contributed by atoms with Crippen LogP contribution in [0.4, 0.5) is 52.4 Å². The SMILES string of the molecule is Cc1cnc(NC(C)(C)C)nc1Nc1cccc(C(=O)N2CCCC2)c1.Cc1cnc(NC(C)(C)C)nc1Nc1cccc(S(=O)(=O)N2CCCC2)c1.Cc1cnc(NC(C)(C)C)nc1Nc1cccc(S(=O)(=O)NC2CCCC2)c1. The first-order chi connectivity index (χ1) is 38.1. The van der Waals surface area contributed by atoms with E-state index in [2.05, 4.69) is 87.3 Å². The molecular formula is C59H83N15O5S2. The van der Waals surface area contributed by atoms with Crippen molar-refractivity contribution in [3.05, 3.63) is 114 Å². The van der Waals surface area contributed by atoms with E-state index in [-0.39, 0.29) is 33.5 Å². The molecule has 0 radical (unpaired) electrons. The van der Waals surface area contributed by atoms with Gasteiger partial charge in [0.1, 0.15) is 17.5 Å². The van der Waals surface area contributed by atoms with Gasteiger partial charge in [0.25, 0.3) is 5.91 Å². The van der Waals surface area contributed by atoms with Gasteiger partial charge in [0, 0.05) is 107 Å². The zero-order valence-corrected chi connectivity index (χ0v) is 50.8. The van der Waals surface area contributed by atoms with Crippen molar-refractivity contribution in [1.29, 1.82) is 0 Å². The monoisotopic (exact) mass is 1150 g/mol. The van der Waals surface area contributed by atoms with Gasteiger partial charge in [0.15, 0.2) is 0 Å². The number of hydrogen-bond acceptors (Lipinski definition) is 17. The van der Waals surface area contributed by atoms with Gasteiger partial charge in [-0.25, -0.2) is 36.5 Å². The Balaban J connectivity index is 0.000000175. The molecule has 3 aromatic carbocycles. The van der Waals surface area contributed by atoms with Crippen LogP contribution < -0.4 is 36.6 Å². The highest BCUT2D eigenvalue weighted by Crippen LogP contribution is 2.29. The number of carbonyl (C=O) groups is 1. The van der Waals surface area contributed by atoms with Crippen molar-refractivity contribution in [2.45, 2.75) is 167 Å². The van der Waals surface area contributed by atoms with Crippen LogP contribution in [0.2, 0.25) is 0 Å². The Labute approximate surface area is 480 Å². The molecule has 9 rings (SSSR count). The molecule has 0 spiro atoms. The second-order valence-corrected chi connectivity index (χ2v) is 27.7. The van der Waals surface area contributed by atoms with Gasteiger partial charge in [-0.3, -0.25) is 4.79 Å². The summed E-state index contributed by atoms with van der Waals surface area (Å²) in [6, 6.07) is 21.3. The van der Waals surface area contributed by atoms with E-state index in [0.717, 1.165) is 92.7 Å².